The number of aromatic nitrogens is 1. The van der Waals surface area contributed by atoms with E-state index < -0.39 is 5.79 Å². The Balaban J connectivity index is 1.74. The number of hydrogen-bond donors (Lipinski definition) is 1. The zero-order valence-corrected chi connectivity index (χ0v) is 17.2. The molecule has 0 bridgehead atoms. The molecule has 0 atom stereocenters. The van der Waals surface area contributed by atoms with Gasteiger partial charge < -0.3 is 14.5 Å². The highest BCUT2D eigenvalue weighted by Crippen LogP contribution is 2.40. The predicted octanol–water partition coefficient (Wildman–Crippen LogP) is 5.40. The zero-order valence-electron chi connectivity index (χ0n) is 16.4. The second-order valence-electron chi connectivity index (χ2n) is 7.50. The van der Waals surface area contributed by atoms with Crippen LogP contribution in [0.25, 0.3) is 22.0 Å². The fourth-order valence-corrected chi connectivity index (χ4v) is 4.22. The Morgan fingerprint density at radius 3 is 2.37 bits per heavy atom. The largest absolute Gasteiger partial charge is 0.340 e. The van der Waals surface area contributed by atoms with Gasteiger partial charge in [-0.25, -0.2) is 0 Å². The lowest BCUT2D eigenvalue weighted by Gasteiger charge is -2.29. The third-order valence-corrected chi connectivity index (χ3v) is 5.72. The van der Waals surface area contributed by atoms with Gasteiger partial charge >= 0.3 is 0 Å². The first-order valence-corrected chi connectivity index (χ1v) is 10.2. The van der Waals surface area contributed by atoms with Crippen molar-refractivity contribution in [2.24, 2.45) is 0 Å². The molecule has 4 nitrogen and oxygen atoms in total. The molecule has 30 heavy (non-hydrogen) atoms. The number of pyridine rings is 1. The molecule has 3 aromatic carbocycles. The lowest BCUT2D eigenvalue weighted by molar-refractivity contribution is -0.129. The molecule has 0 spiro atoms. The van der Waals surface area contributed by atoms with Crippen molar-refractivity contribution in [2.45, 2.75) is 12.7 Å². The van der Waals surface area contributed by atoms with Gasteiger partial charge in [0, 0.05) is 33.1 Å². The average molecular weight is 418 g/mol. The summed E-state index contributed by atoms with van der Waals surface area (Å²) in [7, 11) is 0. The summed E-state index contributed by atoms with van der Waals surface area (Å²) < 4.78 is 12.3. The minimum absolute atomic E-state index is 0.132. The van der Waals surface area contributed by atoms with Gasteiger partial charge in [-0.3, -0.25) is 4.79 Å². The van der Waals surface area contributed by atoms with Gasteiger partial charge in [0.25, 0.3) is 0 Å². The van der Waals surface area contributed by atoms with Crippen LogP contribution in [-0.2, 0) is 15.3 Å². The fourth-order valence-electron chi connectivity index (χ4n) is 4.09. The summed E-state index contributed by atoms with van der Waals surface area (Å²) in [5, 5.41) is 1.59. The zero-order chi connectivity index (χ0) is 20.7. The fraction of sp³-hybridized carbons (Fsp3) is 0.160. The average Bonchev–Trinajstić information content (AvgIpc) is 3.24. The Morgan fingerprint density at radius 2 is 1.63 bits per heavy atom. The molecule has 1 aliphatic rings. The SMILES string of the molecule is Cc1cccc(-c2cc(=O)[nH]c3ccc(C4(c5ccc(Cl)cc5)OCCO4)cc23)c1. The molecule has 150 valence electrons. The maximum atomic E-state index is 12.3. The molecule has 1 aliphatic heterocycles. The molecule has 5 rings (SSSR count). The second kappa shape index (κ2) is 7.40. The van der Waals surface area contributed by atoms with E-state index in [9.17, 15) is 4.79 Å². The van der Waals surface area contributed by atoms with Crippen LogP contribution in [0.1, 0.15) is 16.7 Å². The molecule has 0 aliphatic carbocycles. The van der Waals surface area contributed by atoms with E-state index in [0.717, 1.165) is 38.7 Å². The van der Waals surface area contributed by atoms with Crippen LogP contribution in [0.4, 0.5) is 0 Å². The lowest BCUT2D eigenvalue weighted by atomic mass is 9.93. The highest BCUT2D eigenvalue weighted by Gasteiger charge is 2.40. The smallest absolute Gasteiger partial charge is 0.249 e. The molecule has 1 aromatic heterocycles. The van der Waals surface area contributed by atoms with Crippen LogP contribution in [0.3, 0.4) is 0 Å². The van der Waals surface area contributed by atoms with Crippen molar-refractivity contribution in [1.82, 2.24) is 4.98 Å². The van der Waals surface area contributed by atoms with Crippen LogP contribution in [0, 0.1) is 6.92 Å². The summed E-state index contributed by atoms with van der Waals surface area (Å²) in [6.45, 7) is 3.04. The topological polar surface area (TPSA) is 51.3 Å². The lowest BCUT2D eigenvalue weighted by Crippen LogP contribution is -2.28. The van der Waals surface area contributed by atoms with E-state index in [2.05, 4.69) is 11.1 Å². The molecule has 0 saturated carbocycles. The predicted molar refractivity (Wildman–Crippen MR) is 119 cm³/mol. The maximum Gasteiger partial charge on any atom is 0.249 e. The van der Waals surface area contributed by atoms with Crippen molar-refractivity contribution in [3.05, 3.63) is 105 Å². The maximum absolute atomic E-state index is 12.3. The number of benzene rings is 3. The van der Waals surface area contributed by atoms with Gasteiger partial charge in [-0.2, -0.15) is 0 Å². The van der Waals surface area contributed by atoms with Crippen molar-refractivity contribution >= 4 is 22.5 Å². The van der Waals surface area contributed by atoms with Crippen LogP contribution < -0.4 is 5.56 Å². The Bertz CT molecular complexity index is 1290. The van der Waals surface area contributed by atoms with Gasteiger partial charge in [-0.05, 0) is 42.3 Å². The first-order valence-electron chi connectivity index (χ1n) is 9.84. The number of aryl methyl sites for hydroxylation is 1. The number of ether oxygens (including phenoxy) is 2. The van der Waals surface area contributed by atoms with Crippen molar-refractivity contribution < 1.29 is 9.47 Å². The van der Waals surface area contributed by atoms with Gasteiger partial charge in [-0.1, -0.05) is 59.6 Å². The van der Waals surface area contributed by atoms with Crippen LogP contribution >= 0.6 is 11.6 Å². The molecule has 1 fully saturated rings. The highest BCUT2D eigenvalue weighted by atomic mass is 35.5. The first-order chi connectivity index (χ1) is 14.5. The molecule has 1 saturated heterocycles. The summed E-state index contributed by atoms with van der Waals surface area (Å²) in [6.07, 6.45) is 0. The third kappa shape index (κ3) is 3.23. The Labute approximate surface area is 179 Å². The van der Waals surface area contributed by atoms with Gasteiger partial charge in [0.15, 0.2) is 0 Å². The Hall–Kier alpha value is -2.92. The Kier molecular flexibility index (Phi) is 4.70. The minimum Gasteiger partial charge on any atom is -0.340 e. The molecule has 0 amide bonds. The molecule has 1 N–H and O–H groups in total. The number of rotatable bonds is 3. The van der Waals surface area contributed by atoms with E-state index >= 15 is 0 Å². The second-order valence-corrected chi connectivity index (χ2v) is 7.93. The van der Waals surface area contributed by atoms with E-state index in [0.29, 0.717) is 18.2 Å². The quantitative estimate of drug-likeness (QED) is 0.485. The van der Waals surface area contributed by atoms with Gasteiger partial charge in [0.05, 0.1) is 13.2 Å². The van der Waals surface area contributed by atoms with Crippen molar-refractivity contribution in [3.63, 3.8) is 0 Å². The molecule has 0 unspecified atom stereocenters. The van der Waals surface area contributed by atoms with Crippen LogP contribution in [0.5, 0.6) is 0 Å². The molecular formula is C25H20ClNO3. The minimum atomic E-state index is -1.00. The van der Waals surface area contributed by atoms with E-state index in [1.54, 1.807) is 6.07 Å². The van der Waals surface area contributed by atoms with Gasteiger partial charge in [0.1, 0.15) is 0 Å². The van der Waals surface area contributed by atoms with Crippen LogP contribution in [0.15, 0.2) is 77.6 Å². The number of H-pyrrole nitrogens is 1. The van der Waals surface area contributed by atoms with E-state index in [4.69, 9.17) is 21.1 Å². The molecular weight excluding hydrogens is 398 g/mol. The standard InChI is InChI=1S/C25H20ClNO3/c1-16-3-2-4-17(13-16)21-15-24(28)27-23-10-7-19(14-22(21)23)25(29-11-12-30-25)18-5-8-20(26)9-6-18/h2-10,13-15H,11-12H2,1H3,(H,27,28). The van der Waals surface area contributed by atoms with Gasteiger partial charge in [0.2, 0.25) is 11.3 Å². The summed E-state index contributed by atoms with van der Waals surface area (Å²) in [6, 6.07) is 23.2. The molecule has 2 heterocycles. The summed E-state index contributed by atoms with van der Waals surface area (Å²) in [4.78, 5) is 15.2. The van der Waals surface area contributed by atoms with Crippen LogP contribution in [0.2, 0.25) is 5.02 Å². The first kappa shape index (κ1) is 19.1. The molecule has 4 aromatic rings. The Morgan fingerprint density at radius 1 is 0.900 bits per heavy atom. The highest BCUT2D eigenvalue weighted by molar-refractivity contribution is 6.30. The third-order valence-electron chi connectivity index (χ3n) is 5.47. The van der Waals surface area contributed by atoms with E-state index in [1.165, 1.54) is 0 Å². The number of halogens is 1. The number of nitrogens with one attached hydrogen (secondary N) is 1. The summed E-state index contributed by atoms with van der Waals surface area (Å²) in [5.41, 5.74) is 5.40. The van der Waals surface area contributed by atoms with Crippen molar-refractivity contribution in [2.75, 3.05) is 13.2 Å². The van der Waals surface area contributed by atoms with Crippen molar-refractivity contribution in [3.8, 4) is 11.1 Å². The van der Waals surface area contributed by atoms with E-state index in [-0.39, 0.29) is 5.56 Å². The van der Waals surface area contributed by atoms with E-state index in [1.807, 2.05) is 67.6 Å². The van der Waals surface area contributed by atoms with Gasteiger partial charge in [-0.15, -0.1) is 0 Å². The summed E-state index contributed by atoms with van der Waals surface area (Å²) >= 11 is 6.09. The normalized spacial score (nSPS) is 15.5. The molecule has 5 heteroatoms. The monoisotopic (exact) mass is 417 g/mol. The number of fused-ring (bicyclic) bond motifs is 1. The number of aromatic amines is 1. The molecule has 0 radical (unpaired) electrons. The van der Waals surface area contributed by atoms with Crippen molar-refractivity contribution in [1.29, 1.82) is 0 Å². The van der Waals surface area contributed by atoms with Crippen LogP contribution in [-0.4, -0.2) is 18.2 Å². The number of hydrogen-bond acceptors (Lipinski definition) is 3. The summed E-state index contributed by atoms with van der Waals surface area (Å²) in [5.74, 6) is -1.00.